The highest BCUT2D eigenvalue weighted by molar-refractivity contribution is 8.14. The molecule has 2 heterocycles. The highest BCUT2D eigenvalue weighted by Crippen LogP contribution is 2.36. The number of furan rings is 1. The number of amides is 1. The average Bonchev–Trinajstić information content (AvgIpc) is 2.93. The molecular formula is C12H10FNO3S. The number of thioether (sulfide) groups is 1. The number of nitrogens with zero attached hydrogens (tertiary/aromatic N) is 1. The molecule has 1 fully saturated rings. The minimum absolute atomic E-state index is 0.0585. The van der Waals surface area contributed by atoms with Crippen molar-refractivity contribution in [1.29, 1.82) is 0 Å². The number of benzene rings is 1. The zero-order valence-corrected chi connectivity index (χ0v) is 10.1. The van der Waals surface area contributed by atoms with Crippen molar-refractivity contribution in [3.63, 3.8) is 0 Å². The number of carbonyl (C=O) groups excluding carboxylic acids is 1. The molecular weight excluding hydrogens is 257 g/mol. The van der Waals surface area contributed by atoms with Gasteiger partial charge in [0.2, 0.25) is 0 Å². The van der Waals surface area contributed by atoms with Crippen LogP contribution in [-0.4, -0.2) is 28.7 Å². The number of fused-ring (bicyclic) bond motifs is 1. The van der Waals surface area contributed by atoms with Gasteiger partial charge in [0.25, 0.3) is 5.24 Å². The van der Waals surface area contributed by atoms with E-state index in [1.54, 1.807) is 12.1 Å². The Labute approximate surface area is 106 Å². The summed E-state index contributed by atoms with van der Waals surface area (Å²) < 4.78 is 18.7. The molecule has 0 unspecified atom stereocenters. The van der Waals surface area contributed by atoms with Crippen LogP contribution < -0.4 is 4.90 Å². The largest absolute Gasteiger partial charge is 0.459 e. The summed E-state index contributed by atoms with van der Waals surface area (Å²) in [5.74, 6) is -0.447. The van der Waals surface area contributed by atoms with E-state index >= 15 is 0 Å². The van der Waals surface area contributed by atoms with Crippen molar-refractivity contribution in [3.05, 3.63) is 30.3 Å². The summed E-state index contributed by atoms with van der Waals surface area (Å²) in [6.07, 6.45) is 1.38. The lowest BCUT2D eigenvalue weighted by atomic mass is 10.2. The van der Waals surface area contributed by atoms with Crippen LogP contribution in [0.25, 0.3) is 11.0 Å². The predicted molar refractivity (Wildman–Crippen MR) is 67.4 cm³/mol. The third kappa shape index (κ3) is 1.69. The first-order valence-electron chi connectivity index (χ1n) is 5.45. The number of anilines is 1. The molecule has 0 bridgehead atoms. The molecule has 1 aliphatic rings. The summed E-state index contributed by atoms with van der Waals surface area (Å²) in [6.45, 7) is 0.349. The molecule has 0 aliphatic carbocycles. The Bertz CT molecular complexity index is 612. The second-order valence-electron chi connectivity index (χ2n) is 4.04. The lowest BCUT2D eigenvalue weighted by Crippen LogP contribution is -2.25. The molecule has 1 saturated heterocycles. The number of hydrogen-bond acceptors (Lipinski definition) is 4. The van der Waals surface area contributed by atoms with Gasteiger partial charge in [-0.2, -0.15) is 0 Å². The molecule has 1 amide bonds. The fourth-order valence-corrected chi connectivity index (χ4v) is 2.91. The number of carbonyl (C=O) groups is 1. The van der Waals surface area contributed by atoms with Crippen LogP contribution in [0.1, 0.15) is 0 Å². The van der Waals surface area contributed by atoms with E-state index in [1.807, 2.05) is 0 Å². The van der Waals surface area contributed by atoms with E-state index in [-0.39, 0.29) is 22.7 Å². The van der Waals surface area contributed by atoms with Crippen molar-refractivity contribution in [2.75, 3.05) is 18.1 Å². The van der Waals surface area contributed by atoms with E-state index in [2.05, 4.69) is 0 Å². The molecule has 18 heavy (non-hydrogen) atoms. The van der Waals surface area contributed by atoms with Gasteiger partial charge in [-0.05, 0) is 12.1 Å². The molecule has 1 atom stereocenters. The second-order valence-corrected chi connectivity index (χ2v) is 5.29. The number of halogens is 1. The molecule has 6 heteroatoms. The van der Waals surface area contributed by atoms with E-state index < -0.39 is 5.82 Å². The topological polar surface area (TPSA) is 53.7 Å². The van der Waals surface area contributed by atoms with Crippen LogP contribution >= 0.6 is 11.8 Å². The van der Waals surface area contributed by atoms with Gasteiger partial charge in [0.05, 0.1) is 17.5 Å². The Hall–Kier alpha value is -1.53. The van der Waals surface area contributed by atoms with Gasteiger partial charge < -0.3 is 9.52 Å². The Kier molecular flexibility index (Phi) is 2.76. The van der Waals surface area contributed by atoms with Gasteiger partial charge in [0, 0.05) is 11.9 Å². The van der Waals surface area contributed by atoms with Crippen LogP contribution in [0.2, 0.25) is 0 Å². The first-order valence-corrected chi connectivity index (χ1v) is 6.33. The van der Waals surface area contributed by atoms with Crippen molar-refractivity contribution in [3.8, 4) is 0 Å². The molecule has 4 nitrogen and oxygen atoms in total. The fraction of sp³-hybridized carbons (Fsp3) is 0.250. The molecule has 0 saturated carbocycles. The Morgan fingerprint density at radius 2 is 2.39 bits per heavy atom. The van der Waals surface area contributed by atoms with Crippen molar-refractivity contribution < 1.29 is 18.7 Å². The van der Waals surface area contributed by atoms with Crippen LogP contribution in [-0.2, 0) is 0 Å². The van der Waals surface area contributed by atoms with Gasteiger partial charge in [-0.25, -0.2) is 4.39 Å². The number of para-hydroxylation sites is 1. The smallest absolute Gasteiger partial charge is 0.286 e. The van der Waals surface area contributed by atoms with Gasteiger partial charge >= 0.3 is 0 Å². The first-order chi connectivity index (χ1) is 8.70. The van der Waals surface area contributed by atoms with Crippen LogP contribution in [0.5, 0.6) is 0 Å². The average molecular weight is 267 g/mol. The number of aliphatic hydroxyl groups is 1. The normalized spacial score (nSPS) is 20.0. The quantitative estimate of drug-likeness (QED) is 0.908. The maximum absolute atomic E-state index is 13.5. The molecule has 3 rings (SSSR count). The molecule has 2 aromatic rings. The van der Waals surface area contributed by atoms with Crippen molar-refractivity contribution in [1.82, 2.24) is 0 Å². The Balaban J connectivity index is 2.05. The fourth-order valence-electron chi connectivity index (χ4n) is 2.03. The molecule has 0 radical (unpaired) electrons. The van der Waals surface area contributed by atoms with Gasteiger partial charge in [-0.3, -0.25) is 9.69 Å². The van der Waals surface area contributed by atoms with Gasteiger partial charge in [0.15, 0.2) is 11.4 Å². The molecule has 1 aromatic heterocycles. The minimum atomic E-state index is -0.447. The SMILES string of the molecule is O=C1S[C@@H](CO)CN1c1coc2c(F)cccc12. The van der Waals surface area contributed by atoms with E-state index in [0.717, 1.165) is 11.8 Å². The maximum Gasteiger partial charge on any atom is 0.286 e. The van der Waals surface area contributed by atoms with Crippen molar-refractivity contribution >= 4 is 33.7 Å². The molecule has 94 valence electrons. The predicted octanol–water partition coefficient (Wildman–Crippen LogP) is 2.61. The van der Waals surface area contributed by atoms with Gasteiger partial charge in [-0.1, -0.05) is 17.8 Å². The van der Waals surface area contributed by atoms with Crippen LogP contribution in [0.3, 0.4) is 0 Å². The lowest BCUT2D eigenvalue weighted by Gasteiger charge is -2.12. The monoisotopic (exact) mass is 267 g/mol. The summed E-state index contributed by atoms with van der Waals surface area (Å²) in [5, 5.41) is 9.35. The summed E-state index contributed by atoms with van der Waals surface area (Å²) >= 11 is 1.09. The zero-order valence-electron chi connectivity index (χ0n) is 9.30. The van der Waals surface area contributed by atoms with E-state index in [1.165, 1.54) is 17.2 Å². The van der Waals surface area contributed by atoms with Crippen LogP contribution in [0.4, 0.5) is 14.9 Å². The van der Waals surface area contributed by atoms with Crippen molar-refractivity contribution in [2.24, 2.45) is 0 Å². The lowest BCUT2D eigenvalue weighted by molar-refractivity contribution is 0.266. The van der Waals surface area contributed by atoms with Crippen molar-refractivity contribution in [2.45, 2.75) is 5.25 Å². The summed E-state index contributed by atoms with van der Waals surface area (Å²) in [5.41, 5.74) is 0.704. The number of aliphatic hydroxyl groups excluding tert-OH is 1. The van der Waals surface area contributed by atoms with E-state index in [4.69, 9.17) is 9.52 Å². The highest BCUT2D eigenvalue weighted by Gasteiger charge is 2.33. The molecule has 1 aliphatic heterocycles. The van der Waals surface area contributed by atoms with Crippen LogP contribution in [0, 0.1) is 5.82 Å². The number of rotatable bonds is 2. The van der Waals surface area contributed by atoms with Gasteiger partial charge in [0.1, 0.15) is 6.26 Å². The minimum Gasteiger partial charge on any atom is -0.459 e. The second kappa shape index (κ2) is 4.29. The highest BCUT2D eigenvalue weighted by atomic mass is 32.2. The molecule has 1 aromatic carbocycles. The van der Waals surface area contributed by atoms with E-state index in [0.29, 0.717) is 17.6 Å². The number of hydrogen-bond donors (Lipinski definition) is 1. The third-order valence-corrected chi connectivity index (χ3v) is 3.95. The summed E-state index contributed by atoms with van der Waals surface area (Å²) in [7, 11) is 0. The van der Waals surface area contributed by atoms with E-state index in [9.17, 15) is 9.18 Å². The Morgan fingerprint density at radius 1 is 1.56 bits per heavy atom. The first kappa shape index (κ1) is 11.6. The molecule has 1 N–H and O–H groups in total. The third-order valence-electron chi connectivity index (χ3n) is 2.90. The zero-order chi connectivity index (χ0) is 12.7. The Morgan fingerprint density at radius 3 is 3.11 bits per heavy atom. The molecule has 0 spiro atoms. The van der Waals surface area contributed by atoms with Crippen LogP contribution in [0.15, 0.2) is 28.9 Å². The van der Waals surface area contributed by atoms with Gasteiger partial charge in [-0.15, -0.1) is 0 Å². The summed E-state index contributed by atoms with van der Waals surface area (Å²) in [4.78, 5) is 13.3. The maximum atomic E-state index is 13.5. The summed E-state index contributed by atoms with van der Waals surface area (Å²) in [6, 6.07) is 4.60. The standard InChI is InChI=1S/C12H10FNO3S/c13-9-3-1-2-8-10(6-17-11(8)9)14-4-7(5-15)18-12(14)16/h1-3,6-7,15H,4-5H2/t7-/m1/s1.